The fraction of sp³-hybridized carbons (Fsp3) is 0.440. The molecule has 3 aromatic rings. The van der Waals surface area contributed by atoms with Crippen molar-refractivity contribution in [3.63, 3.8) is 0 Å². The second kappa shape index (κ2) is 12.2. The third kappa shape index (κ3) is 6.41. The highest BCUT2D eigenvalue weighted by Crippen LogP contribution is 2.48. The zero-order valence-corrected chi connectivity index (χ0v) is 24.4. The lowest BCUT2D eigenvalue weighted by Crippen LogP contribution is -2.41. The summed E-state index contributed by atoms with van der Waals surface area (Å²) in [6.45, 7) is 4.32. The maximum absolute atomic E-state index is 13.8. The fourth-order valence-electron chi connectivity index (χ4n) is 4.10. The van der Waals surface area contributed by atoms with Gasteiger partial charge in [-0.2, -0.15) is 15.1 Å². The van der Waals surface area contributed by atoms with Gasteiger partial charge >= 0.3 is 13.7 Å². The summed E-state index contributed by atoms with van der Waals surface area (Å²) in [5, 5.41) is 16.6. The number of nitrogens with zero attached hydrogens (tertiary/aromatic N) is 4. The van der Waals surface area contributed by atoms with Crippen LogP contribution in [-0.4, -0.2) is 73.5 Å². The molecule has 0 spiro atoms. The number of hydrogen-bond donors (Lipinski definition) is 4. The number of aliphatic hydroxyl groups is 1. The Kier molecular flexibility index (Phi) is 9.08. The van der Waals surface area contributed by atoms with E-state index < -0.39 is 55.8 Å². The monoisotopic (exact) mass is 607 g/mol. The second-order valence-electron chi connectivity index (χ2n) is 9.42. The van der Waals surface area contributed by atoms with Gasteiger partial charge in [-0.1, -0.05) is 35.7 Å². The first-order chi connectivity index (χ1) is 19.4. The van der Waals surface area contributed by atoms with E-state index in [0.29, 0.717) is 11.3 Å². The van der Waals surface area contributed by atoms with Crippen LogP contribution >= 0.6 is 19.3 Å². The normalized spacial score (nSPS) is 24.5. The summed E-state index contributed by atoms with van der Waals surface area (Å²) in [5.41, 5.74) is 6.47. The number of nitrogens with two attached hydrogens (primary N) is 1. The van der Waals surface area contributed by atoms with Gasteiger partial charge in [0.1, 0.15) is 24.0 Å². The van der Waals surface area contributed by atoms with Crippen molar-refractivity contribution in [3.8, 4) is 18.1 Å². The number of carbonyl (C=O) groups excluding carboxylic acids is 1. The Balaban J connectivity index is 1.60. The minimum absolute atomic E-state index is 0.0434. The Bertz CT molecular complexity index is 1480. The van der Waals surface area contributed by atoms with Gasteiger partial charge in [0.2, 0.25) is 5.95 Å². The Morgan fingerprint density at radius 2 is 2.05 bits per heavy atom. The van der Waals surface area contributed by atoms with E-state index in [1.54, 1.807) is 51.2 Å². The minimum Gasteiger partial charge on any atom is -0.462 e. The molecule has 5 N–H and O–H groups in total. The number of alkyl halides is 1. The topological polar surface area (TPSA) is 185 Å². The van der Waals surface area contributed by atoms with Crippen LogP contribution in [0.4, 0.5) is 11.8 Å². The molecule has 0 radical (unpaired) electrons. The number of carbonyl (C=O) groups is 1. The maximum atomic E-state index is 13.8. The maximum Gasteiger partial charge on any atom is 0.459 e. The van der Waals surface area contributed by atoms with E-state index in [-0.39, 0.29) is 17.3 Å². The van der Waals surface area contributed by atoms with E-state index in [1.807, 2.05) is 0 Å². The van der Waals surface area contributed by atoms with E-state index in [1.165, 1.54) is 17.8 Å². The van der Waals surface area contributed by atoms with Crippen LogP contribution in [0.5, 0.6) is 5.75 Å². The molecule has 6 atom stereocenters. The smallest absolute Gasteiger partial charge is 0.459 e. The molecule has 1 aliphatic heterocycles. The van der Waals surface area contributed by atoms with Gasteiger partial charge < -0.3 is 30.2 Å². The number of imidazole rings is 1. The van der Waals surface area contributed by atoms with Crippen molar-refractivity contribution >= 4 is 48.2 Å². The largest absolute Gasteiger partial charge is 0.462 e. The molecule has 2 aromatic heterocycles. The predicted octanol–water partition coefficient (Wildman–Crippen LogP) is 2.45. The first kappa shape index (κ1) is 30.5. The molecule has 220 valence electrons. The first-order valence-corrected chi connectivity index (χ1v) is 14.5. The number of terminal acetylenes is 1. The Morgan fingerprint density at radius 3 is 2.68 bits per heavy atom. The van der Waals surface area contributed by atoms with E-state index in [2.05, 4.69) is 31.3 Å². The van der Waals surface area contributed by atoms with E-state index in [4.69, 9.17) is 42.3 Å². The number of rotatable bonds is 11. The molecule has 14 nitrogen and oxygen atoms in total. The standard InChI is InChI=1S/C25H31ClN7O7P/c1-6-25(26)19(34)17(39-23(25)33-13-29-18-20(28-5)30-24(27)31-21(18)33)12-37-41(36,40-16-10-8-7-9-11-16)32-15(4)22(35)38-14(2)3/h1,7-11,13-15,17,19,23,34H,12H2,2-5H3,(H,32,36)(H3,27,28,30,31)/t15?,17-,19-,23-,25-,41-/m1/s1. The molecule has 1 unspecified atom stereocenters. The van der Waals surface area contributed by atoms with Crippen molar-refractivity contribution in [2.24, 2.45) is 0 Å². The number of para-hydroxylation sites is 1. The lowest BCUT2D eigenvalue weighted by atomic mass is 9.99. The van der Waals surface area contributed by atoms with Crippen molar-refractivity contribution in [3.05, 3.63) is 36.7 Å². The third-order valence-electron chi connectivity index (χ3n) is 6.03. The molecule has 0 saturated carbocycles. The number of esters is 1. The predicted molar refractivity (Wildman–Crippen MR) is 151 cm³/mol. The summed E-state index contributed by atoms with van der Waals surface area (Å²) in [5.74, 6) is 2.24. The molecule has 1 aliphatic rings. The Morgan fingerprint density at radius 1 is 1.34 bits per heavy atom. The Hall–Kier alpha value is -3.44. The lowest BCUT2D eigenvalue weighted by Gasteiger charge is -2.26. The number of hydrogen-bond acceptors (Lipinski definition) is 12. The van der Waals surface area contributed by atoms with E-state index in [9.17, 15) is 14.5 Å². The van der Waals surface area contributed by atoms with Crippen molar-refractivity contribution in [1.82, 2.24) is 24.6 Å². The first-order valence-electron chi connectivity index (χ1n) is 12.6. The average molecular weight is 608 g/mol. The van der Waals surface area contributed by atoms with Gasteiger partial charge in [-0.3, -0.25) is 13.9 Å². The van der Waals surface area contributed by atoms with Crippen LogP contribution in [0.15, 0.2) is 36.7 Å². The van der Waals surface area contributed by atoms with Crippen LogP contribution < -0.4 is 20.7 Å². The second-order valence-corrected chi connectivity index (χ2v) is 11.7. The summed E-state index contributed by atoms with van der Waals surface area (Å²) in [4.78, 5) is 23.2. The summed E-state index contributed by atoms with van der Waals surface area (Å²) < 4.78 is 37.8. The SMILES string of the molecule is C#C[C@@]1(Cl)[C@H](O)[C@@H](CO[P@](=O)(NC(C)C(=O)OC(C)C)Oc2ccccc2)O[C@H]1n1cnc2c(NC)nc(N)nc21. The molecule has 1 saturated heterocycles. The highest BCUT2D eigenvalue weighted by atomic mass is 35.5. The van der Waals surface area contributed by atoms with Gasteiger partial charge in [0, 0.05) is 7.05 Å². The molecule has 1 aromatic carbocycles. The number of aliphatic hydroxyl groups excluding tert-OH is 1. The molecule has 0 bridgehead atoms. The van der Waals surface area contributed by atoms with Crippen LogP contribution in [0.1, 0.15) is 27.0 Å². The van der Waals surface area contributed by atoms with Crippen LogP contribution in [0.25, 0.3) is 11.2 Å². The molecule has 0 amide bonds. The van der Waals surface area contributed by atoms with E-state index in [0.717, 1.165) is 0 Å². The number of halogens is 1. The number of nitrogen functional groups attached to an aromatic ring is 1. The van der Waals surface area contributed by atoms with Gasteiger partial charge in [-0.25, -0.2) is 9.55 Å². The van der Waals surface area contributed by atoms with Crippen LogP contribution in [0, 0.1) is 12.3 Å². The van der Waals surface area contributed by atoms with E-state index >= 15 is 0 Å². The van der Waals surface area contributed by atoms with Crippen molar-refractivity contribution in [2.75, 3.05) is 24.7 Å². The zero-order valence-electron chi connectivity index (χ0n) is 22.7. The zero-order chi connectivity index (χ0) is 29.9. The summed E-state index contributed by atoms with van der Waals surface area (Å²) in [6, 6.07) is 7.14. The van der Waals surface area contributed by atoms with Gasteiger partial charge in [0.15, 0.2) is 28.1 Å². The highest BCUT2D eigenvalue weighted by Gasteiger charge is 2.56. The lowest BCUT2D eigenvalue weighted by molar-refractivity contribution is -0.149. The summed E-state index contributed by atoms with van der Waals surface area (Å²) >= 11 is 6.74. The molecular formula is C25H31ClN7O7P. The van der Waals surface area contributed by atoms with Gasteiger partial charge in [-0.05, 0) is 32.9 Å². The van der Waals surface area contributed by atoms with Crippen molar-refractivity contribution in [2.45, 2.75) is 56.2 Å². The molecule has 1 fully saturated rings. The van der Waals surface area contributed by atoms with Crippen molar-refractivity contribution < 1.29 is 33.0 Å². The van der Waals surface area contributed by atoms with Crippen molar-refractivity contribution in [1.29, 1.82) is 0 Å². The van der Waals surface area contributed by atoms with Gasteiger partial charge in [-0.15, -0.1) is 6.42 Å². The summed E-state index contributed by atoms with van der Waals surface area (Å²) in [6.07, 6.45) is 2.85. The highest BCUT2D eigenvalue weighted by molar-refractivity contribution is 7.52. The fourth-order valence-corrected chi connectivity index (χ4v) is 5.90. The molecule has 0 aliphatic carbocycles. The molecule has 4 rings (SSSR count). The average Bonchev–Trinajstić information content (AvgIpc) is 3.45. The van der Waals surface area contributed by atoms with Crippen LogP contribution in [-0.2, 0) is 23.4 Å². The molecule has 41 heavy (non-hydrogen) atoms. The van der Waals surface area contributed by atoms with Crippen LogP contribution in [0.3, 0.4) is 0 Å². The third-order valence-corrected chi connectivity index (χ3v) is 8.19. The summed E-state index contributed by atoms with van der Waals surface area (Å²) in [7, 11) is -2.62. The minimum atomic E-state index is -4.26. The molecule has 16 heteroatoms. The quantitative estimate of drug-likeness (QED) is 0.108. The number of anilines is 2. The molecule has 3 heterocycles. The number of benzene rings is 1. The number of fused-ring (bicyclic) bond motifs is 1. The Labute approximate surface area is 241 Å². The number of ether oxygens (including phenoxy) is 2. The number of nitrogens with one attached hydrogen (secondary N) is 2. The number of aromatic nitrogens is 4. The van der Waals surface area contributed by atoms with Gasteiger partial charge in [0.25, 0.3) is 0 Å². The van der Waals surface area contributed by atoms with Gasteiger partial charge in [0.05, 0.1) is 19.0 Å². The van der Waals surface area contributed by atoms with Crippen LogP contribution in [0.2, 0.25) is 0 Å². The molecular weight excluding hydrogens is 577 g/mol.